The molecule has 1 aliphatic carbocycles. The van der Waals surface area contributed by atoms with E-state index in [1.54, 1.807) is 6.92 Å². The predicted molar refractivity (Wildman–Crippen MR) is 89.6 cm³/mol. The highest BCUT2D eigenvalue weighted by atomic mass is 32.2. The van der Waals surface area contributed by atoms with E-state index in [0.717, 1.165) is 57.0 Å². The van der Waals surface area contributed by atoms with Crippen LogP contribution in [0.25, 0.3) is 0 Å². The number of amides is 2. The maximum absolute atomic E-state index is 12.7. The standard InChI is InChI=1S/C17H28N2O2S/c1-14(20)18-10-8-17(9-11-18)19(12-13-22-17)16(21)7-6-15-4-2-3-5-15/h15H,2-13H2,1H3. The van der Waals surface area contributed by atoms with Crippen molar-refractivity contribution in [2.45, 2.75) is 63.2 Å². The predicted octanol–water partition coefficient (Wildman–Crippen LogP) is 2.87. The molecule has 5 heteroatoms. The Kier molecular flexibility index (Phi) is 5.00. The third-order valence-corrected chi connectivity index (χ3v) is 7.26. The van der Waals surface area contributed by atoms with Gasteiger partial charge < -0.3 is 9.80 Å². The van der Waals surface area contributed by atoms with Crippen molar-refractivity contribution in [2.75, 3.05) is 25.4 Å². The summed E-state index contributed by atoms with van der Waals surface area (Å²) >= 11 is 1.94. The van der Waals surface area contributed by atoms with Crippen LogP contribution >= 0.6 is 11.8 Å². The molecule has 0 aromatic heterocycles. The summed E-state index contributed by atoms with van der Waals surface area (Å²) in [7, 11) is 0. The van der Waals surface area contributed by atoms with Crippen LogP contribution in [0, 0.1) is 5.92 Å². The zero-order chi connectivity index (χ0) is 15.6. The Morgan fingerprint density at radius 3 is 2.45 bits per heavy atom. The molecular weight excluding hydrogens is 296 g/mol. The summed E-state index contributed by atoms with van der Waals surface area (Å²) in [4.78, 5) is 28.3. The molecule has 3 aliphatic rings. The van der Waals surface area contributed by atoms with Crippen molar-refractivity contribution in [1.82, 2.24) is 9.80 Å². The third-order valence-electron chi connectivity index (χ3n) is 5.71. The average Bonchev–Trinajstić information content (AvgIpc) is 3.15. The van der Waals surface area contributed by atoms with Gasteiger partial charge in [-0.15, -0.1) is 11.8 Å². The van der Waals surface area contributed by atoms with Gasteiger partial charge in [-0.2, -0.15) is 0 Å². The molecule has 2 heterocycles. The number of nitrogens with zero attached hydrogens (tertiary/aromatic N) is 2. The number of likely N-dealkylation sites (tertiary alicyclic amines) is 1. The van der Waals surface area contributed by atoms with E-state index in [0.29, 0.717) is 5.91 Å². The number of carbonyl (C=O) groups excluding carboxylic acids is 2. The van der Waals surface area contributed by atoms with Gasteiger partial charge in [0.15, 0.2) is 0 Å². The Morgan fingerprint density at radius 1 is 1.14 bits per heavy atom. The summed E-state index contributed by atoms with van der Waals surface area (Å²) in [5.41, 5.74) is 0. The zero-order valence-electron chi connectivity index (χ0n) is 13.7. The molecule has 0 atom stereocenters. The van der Waals surface area contributed by atoms with Gasteiger partial charge in [-0.1, -0.05) is 25.7 Å². The second-order valence-corrected chi connectivity index (χ2v) is 8.49. The number of carbonyl (C=O) groups is 2. The van der Waals surface area contributed by atoms with Crippen LogP contribution in [0.5, 0.6) is 0 Å². The fraction of sp³-hybridized carbons (Fsp3) is 0.882. The fourth-order valence-corrected chi connectivity index (χ4v) is 5.78. The van der Waals surface area contributed by atoms with Crippen LogP contribution in [0.3, 0.4) is 0 Å². The van der Waals surface area contributed by atoms with Crippen molar-refractivity contribution in [3.63, 3.8) is 0 Å². The van der Waals surface area contributed by atoms with E-state index in [-0.39, 0.29) is 10.8 Å². The second-order valence-electron chi connectivity index (χ2n) is 7.04. The van der Waals surface area contributed by atoms with Gasteiger partial charge in [-0.25, -0.2) is 0 Å². The van der Waals surface area contributed by atoms with E-state index in [1.165, 1.54) is 25.7 Å². The minimum atomic E-state index is -0.0152. The first-order valence-electron chi connectivity index (χ1n) is 8.81. The van der Waals surface area contributed by atoms with Crippen LogP contribution in [0.2, 0.25) is 0 Å². The molecule has 2 amide bonds. The topological polar surface area (TPSA) is 40.6 Å². The molecule has 2 saturated heterocycles. The molecule has 0 N–H and O–H groups in total. The molecule has 1 saturated carbocycles. The van der Waals surface area contributed by atoms with Crippen LogP contribution in [0.4, 0.5) is 0 Å². The van der Waals surface area contributed by atoms with E-state index in [1.807, 2.05) is 16.7 Å². The minimum absolute atomic E-state index is 0.0152. The Balaban J connectivity index is 1.55. The number of hydrogen-bond donors (Lipinski definition) is 0. The van der Waals surface area contributed by atoms with Gasteiger partial charge in [-0.05, 0) is 25.2 Å². The third kappa shape index (κ3) is 3.29. The van der Waals surface area contributed by atoms with Crippen LogP contribution in [-0.4, -0.2) is 51.9 Å². The van der Waals surface area contributed by atoms with E-state index in [4.69, 9.17) is 0 Å². The largest absolute Gasteiger partial charge is 0.343 e. The molecule has 1 spiro atoms. The maximum Gasteiger partial charge on any atom is 0.223 e. The molecule has 0 unspecified atom stereocenters. The lowest BCUT2D eigenvalue weighted by molar-refractivity contribution is -0.136. The van der Waals surface area contributed by atoms with Crippen molar-refractivity contribution < 1.29 is 9.59 Å². The molecular formula is C17H28N2O2S. The van der Waals surface area contributed by atoms with E-state index >= 15 is 0 Å². The first-order chi connectivity index (χ1) is 10.6. The van der Waals surface area contributed by atoms with E-state index in [2.05, 4.69) is 4.90 Å². The van der Waals surface area contributed by atoms with E-state index in [9.17, 15) is 9.59 Å². The van der Waals surface area contributed by atoms with Gasteiger partial charge in [-0.3, -0.25) is 9.59 Å². The lowest BCUT2D eigenvalue weighted by Gasteiger charge is -2.44. The van der Waals surface area contributed by atoms with Crippen molar-refractivity contribution in [2.24, 2.45) is 5.92 Å². The number of hydrogen-bond acceptors (Lipinski definition) is 3. The molecule has 2 aliphatic heterocycles. The highest BCUT2D eigenvalue weighted by Crippen LogP contribution is 2.44. The lowest BCUT2D eigenvalue weighted by atomic mass is 9.99. The lowest BCUT2D eigenvalue weighted by Crippen LogP contribution is -2.53. The zero-order valence-corrected chi connectivity index (χ0v) is 14.5. The molecule has 0 bridgehead atoms. The number of piperidine rings is 1. The van der Waals surface area contributed by atoms with Crippen LogP contribution < -0.4 is 0 Å². The average molecular weight is 324 g/mol. The summed E-state index contributed by atoms with van der Waals surface area (Å²) < 4.78 is 0. The molecule has 0 aromatic rings. The molecule has 4 nitrogen and oxygen atoms in total. The molecule has 22 heavy (non-hydrogen) atoms. The summed E-state index contributed by atoms with van der Waals surface area (Å²) in [5.74, 6) is 2.36. The number of thioether (sulfide) groups is 1. The quantitative estimate of drug-likeness (QED) is 0.801. The van der Waals surface area contributed by atoms with Gasteiger partial charge >= 0.3 is 0 Å². The van der Waals surface area contributed by atoms with Crippen molar-refractivity contribution in [1.29, 1.82) is 0 Å². The molecule has 124 valence electrons. The van der Waals surface area contributed by atoms with Gasteiger partial charge in [0, 0.05) is 38.7 Å². The summed E-state index contributed by atoms with van der Waals surface area (Å²) in [6.45, 7) is 4.14. The second kappa shape index (κ2) is 6.81. The Morgan fingerprint density at radius 2 is 1.82 bits per heavy atom. The molecule has 3 fully saturated rings. The Labute approximate surface area is 138 Å². The van der Waals surface area contributed by atoms with Crippen LogP contribution in [0.15, 0.2) is 0 Å². The summed E-state index contributed by atoms with van der Waals surface area (Å²) in [6, 6.07) is 0. The summed E-state index contributed by atoms with van der Waals surface area (Å²) in [6.07, 6.45) is 9.02. The fourth-order valence-electron chi connectivity index (χ4n) is 4.31. The van der Waals surface area contributed by atoms with Crippen LogP contribution in [-0.2, 0) is 9.59 Å². The molecule has 3 rings (SSSR count). The van der Waals surface area contributed by atoms with Crippen molar-refractivity contribution in [3.05, 3.63) is 0 Å². The van der Waals surface area contributed by atoms with E-state index < -0.39 is 0 Å². The smallest absolute Gasteiger partial charge is 0.223 e. The van der Waals surface area contributed by atoms with Crippen molar-refractivity contribution in [3.8, 4) is 0 Å². The van der Waals surface area contributed by atoms with Gasteiger partial charge in [0.25, 0.3) is 0 Å². The normalized spacial score (nSPS) is 25.1. The minimum Gasteiger partial charge on any atom is -0.343 e. The van der Waals surface area contributed by atoms with Gasteiger partial charge in [0.05, 0.1) is 4.87 Å². The highest BCUT2D eigenvalue weighted by molar-refractivity contribution is 8.00. The SMILES string of the molecule is CC(=O)N1CCC2(CC1)SCCN2C(=O)CCC1CCCC1. The number of rotatable bonds is 3. The Bertz CT molecular complexity index is 426. The first-order valence-corrected chi connectivity index (χ1v) is 9.79. The van der Waals surface area contributed by atoms with Gasteiger partial charge in [0.1, 0.15) is 0 Å². The summed E-state index contributed by atoms with van der Waals surface area (Å²) in [5, 5.41) is 0. The van der Waals surface area contributed by atoms with Crippen LogP contribution in [0.1, 0.15) is 58.3 Å². The highest BCUT2D eigenvalue weighted by Gasteiger charge is 2.46. The Hall–Kier alpha value is -0.710. The molecule has 0 aromatic carbocycles. The van der Waals surface area contributed by atoms with Crippen molar-refractivity contribution >= 4 is 23.6 Å². The monoisotopic (exact) mass is 324 g/mol. The maximum atomic E-state index is 12.7. The first kappa shape index (κ1) is 16.2. The molecule has 0 radical (unpaired) electrons. The van der Waals surface area contributed by atoms with Gasteiger partial charge in [0.2, 0.25) is 11.8 Å².